The molecule has 5 nitrogen and oxygen atoms in total. The third-order valence-electron chi connectivity index (χ3n) is 2.71. The Balaban J connectivity index is 1.93. The van der Waals surface area contributed by atoms with Crippen molar-refractivity contribution >= 4 is 50.3 Å². The van der Waals surface area contributed by atoms with Gasteiger partial charge < -0.3 is 5.32 Å². The summed E-state index contributed by atoms with van der Waals surface area (Å²) in [5.41, 5.74) is 1.32. The van der Waals surface area contributed by atoms with E-state index in [0.29, 0.717) is 16.9 Å². The van der Waals surface area contributed by atoms with Crippen LogP contribution in [0.5, 0.6) is 0 Å². The van der Waals surface area contributed by atoms with Gasteiger partial charge in [0.25, 0.3) is 5.91 Å². The molecule has 0 aliphatic rings. The van der Waals surface area contributed by atoms with Crippen LogP contribution in [-0.2, 0) is 0 Å². The summed E-state index contributed by atoms with van der Waals surface area (Å²) in [5, 5.41) is 2.69. The van der Waals surface area contributed by atoms with Gasteiger partial charge in [-0.05, 0) is 40.2 Å². The van der Waals surface area contributed by atoms with Gasteiger partial charge in [0.2, 0.25) is 0 Å². The van der Waals surface area contributed by atoms with Gasteiger partial charge in [-0.2, -0.15) is 0 Å². The number of hydrogen-bond donors (Lipinski definition) is 1. The molecule has 3 rings (SSSR count). The summed E-state index contributed by atoms with van der Waals surface area (Å²) in [5.74, 6) is -0.0395. The van der Waals surface area contributed by atoms with Crippen LogP contribution in [-0.4, -0.2) is 20.9 Å². The average Bonchev–Trinajstić information content (AvgIpc) is 2.49. The molecule has 0 saturated carbocycles. The van der Waals surface area contributed by atoms with Crippen molar-refractivity contribution in [3.05, 3.63) is 57.9 Å². The van der Waals surface area contributed by atoms with E-state index in [0.717, 1.165) is 4.47 Å². The lowest BCUT2D eigenvalue weighted by atomic mass is 10.3. The molecule has 1 N–H and O–H groups in total. The number of fused-ring (bicyclic) bond motifs is 1. The fourth-order valence-corrected chi connectivity index (χ4v) is 2.20. The second kappa shape index (κ2) is 5.75. The van der Waals surface area contributed by atoms with Gasteiger partial charge in [-0.1, -0.05) is 23.7 Å². The number of benzene rings is 1. The minimum absolute atomic E-state index is 0.0586. The van der Waals surface area contributed by atoms with E-state index in [1.807, 2.05) is 12.1 Å². The van der Waals surface area contributed by atoms with Gasteiger partial charge in [-0.3, -0.25) is 4.79 Å². The molecule has 0 saturated heterocycles. The second-order valence-electron chi connectivity index (χ2n) is 4.17. The zero-order valence-electron chi connectivity index (χ0n) is 10.5. The molecule has 1 amide bonds. The standard InChI is InChI=1S/C14H8BrClN4O/c15-8-5-6-11(17-7-8)20-14(21)12-13(16)19-10-4-2-1-3-9(10)18-12/h1-7H,(H,17,20,21). The van der Waals surface area contributed by atoms with Crippen molar-refractivity contribution in [2.45, 2.75) is 0 Å². The molecule has 7 heteroatoms. The Morgan fingerprint density at radius 1 is 1.10 bits per heavy atom. The molecule has 0 bridgehead atoms. The van der Waals surface area contributed by atoms with Crippen LogP contribution in [0.4, 0.5) is 5.82 Å². The van der Waals surface area contributed by atoms with Crippen LogP contribution in [0.15, 0.2) is 47.1 Å². The zero-order valence-corrected chi connectivity index (χ0v) is 12.9. The van der Waals surface area contributed by atoms with Crippen molar-refractivity contribution in [2.24, 2.45) is 0 Å². The van der Waals surface area contributed by atoms with Gasteiger partial charge in [0.05, 0.1) is 11.0 Å². The van der Waals surface area contributed by atoms with Crippen LogP contribution in [0.25, 0.3) is 11.0 Å². The van der Waals surface area contributed by atoms with Crippen LogP contribution < -0.4 is 5.32 Å². The molecule has 104 valence electrons. The molecule has 2 aromatic heterocycles. The largest absolute Gasteiger partial charge is 0.305 e. The fourth-order valence-electron chi connectivity index (χ4n) is 1.75. The molecule has 0 aliphatic carbocycles. The van der Waals surface area contributed by atoms with Gasteiger partial charge in [0.15, 0.2) is 10.8 Å². The lowest BCUT2D eigenvalue weighted by Crippen LogP contribution is -2.16. The van der Waals surface area contributed by atoms with Crippen molar-refractivity contribution in [1.29, 1.82) is 0 Å². The van der Waals surface area contributed by atoms with Gasteiger partial charge in [0, 0.05) is 10.7 Å². The maximum atomic E-state index is 12.2. The summed E-state index contributed by atoms with van der Waals surface area (Å²) in [4.78, 5) is 24.7. The molecule has 1 aromatic carbocycles. The quantitative estimate of drug-likeness (QED) is 0.754. The number of nitrogens with one attached hydrogen (secondary N) is 1. The number of nitrogens with zero attached hydrogens (tertiary/aromatic N) is 3. The zero-order chi connectivity index (χ0) is 14.8. The smallest absolute Gasteiger partial charge is 0.278 e. The molecule has 0 radical (unpaired) electrons. The van der Waals surface area contributed by atoms with Crippen molar-refractivity contribution in [1.82, 2.24) is 15.0 Å². The van der Waals surface area contributed by atoms with E-state index in [9.17, 15) is 4.79 Å². The van der Waals surface area contributed by atoms with Gasteiger partial charge in [0.1, 0.15) is 5.82 Å². The normalized spacial score (nSPS) is 10.6. The first-order chi connectivity index (χ1) is 10.1. The highest BCUT2D eigenvalue weighted by molar-refractivity contribution is 9.10. The summed E-state index contributed by atoms with van der Waals surface area (Å²) in [6.45, 7) is 0. The first-order valence-electron chi connectivity index (χ1n) is 5.99. The number of aromatic nitrogens is 3. The highest BCUT2D eigenvalue weighted by Crippen LogP contribution is 2.18. The molecule has 0 atom stereocenters. The predicted molar refractivity (Wildman–Crippen MR) is 84.4 cm³/mol. The molecule has 2 heterocycles. The molecule has 0 spiro atoms. The first kappa shape index (κ1) is 13.9. The Morgan fingerprint density at radius 2 is 1.81 bits per heavy atom. The van der Waals surface area contributed by atoms with Crippen LogP contribution in [0, 0.1) is 0 Å². The number of halogens is 2. The fraction of sp³-hybridized carbons (Fsp3) is 0. The number of carbonyl (C=O) groups excluding carboxylic acids is 1. The SMILES string of the molecule is O=C(Nc1ccc(Br)cn1)c1nc2ccccc2nc1Cl. The number of pyridine rings is 1. The van der Waals surface area contributed by atoms with E-state index >= 15 is 0 Å². The molecule has 21 heavy (non-hydrogen) atoms. The van der Waals surface area contributed by atoms with E-state index in [2.05, 4.69) is 36.2 Å². The second-order valence-corrected chi connectivity index (χ2v) is 5.44. The topological polar surface area (TPSA) is 67.8 Å². The van der Waals surface area contributed by atoms with Crippen molar-refractivity contribution in [3.8, 4) is 0 Å². The summed E-state index contributed by atoms with van der Waals surface area (Å²) in [6.07, 6.45) is 1.59. The minimum Gasteiger partial charge on any atom is -0.305 e. The highest BCUT2D eigenvalue weighted by atomic mass is 79.9. The summed E-state index contributed by atoms with van der Waals surface area (Å²) >= 11 is 9.30. The monoisotopic (exact) mass is 362 g/mol. The Labute approximate surface area is 133 Å². The Bertz CT molecular complexity index is 823. The van der Waals surface area contributed by atoms with Crippen molar-refractivity contribution in [3.63, 3.8) is 0 Å². The van der Waals surface area contributed by atoms with E-state index in [1.54, 1.807) is 30.5 Å². The third kappa shape index (κ3) is 3.01. The van der Waals surface area contributed by atoms with Crippen molar-refractivity contribution in [2.75, 3.05) is 5.32 Å². The average molecular weight is 364 g/mol. The lowest BCUT2D eigenvalue weighted by molar-refractivity contribution is 0.102. The van der Waals surface area contributed by atoms with E-state index in [-0.39, 0.29) is 10.8 Å². The number of anilines is 1. The van der Waals surface area contributed by atoms with Crippen LogP contribution in [0.1, 0.15) is 10.5 Å². The number of amides is 1. The summed E-state index contributed by atoms with van der Waals surface area (Å²) in [6, 6.07) is 10.7. The lowest BCUT2D eigenvalue weighted by Gasteiger charge is -2.06. The molecule has 0 unspecified atom stereocenters. The predicted octanol–water partition coefficient (Wildman–Crippen LogP) is 3.69. The number of carbonyl (C=O) groups is 1. The summed E-state index contributed by atoms with van der Waals surface area (Å²) in [7, 11) is 0. The summed E-state index contributed by atoms with van der Waals surface area (Å²) < 4.78 is 0.823. The minimum atomic E-state index is -0.451. The molecule has 3 aromatic rings. The van der Waals surface area contributed by atoms with Crippen LogP contribution in [0.2, 0.25) is 5.15 Å². The maximum absolute atomic E-state index is 12.2. The van der Waals surface area contributed by atoms with E-state index < -0.39 is 5.91 Å². The molecule has 0 fully saturated rings. The number of para-hydroxylation sites is 2. The Morgan fingerprint density at radius 3 is 2.48 bits per heavy atom. The van der Waals surface area contributed by atoms with E-state index in [4.69, 9.17) is 11.6 Å². The van der Waals surface area contributed by atoms with Gasteiger partial charge in [-0.25, -0.2) is 15.0 Å². The molecular weight excluding hydrogens is 356 g/mol. The first-order valence-corrected chi connectivity index (χ1v) is 7.16. The third-order valence-corrected chi connectivity index (χ3v) is 3.44. The van der Waals surface area contributed by atoms with Gasteiger partial charge in [-0.15, -0.1) is 0 Å². The Kier molecular flexibility index (Phi) is 3.81. The maximum Gasteiger partial charge on any atom is 0.278 e. The van der Waals surface area contributed by atoms with Crippen molar-refractivity contribution < 1.29 is 4.79 Å². The number of hydrogen-bond acceptors (Lipinski definition) is 4. The van der Waals surface area contributed by atoms with Crippen LogP contribution in [0.3, 0.4) is 0 Å². The van der Waals surface area contributed by atoms with E-state index in [1.165, 1.54) is 0 Å². The highest BCUT2D eigenvalue weighted by Gasteiger charge is 2.15. The van der Waals surface area contributed by atoms with Crippen LogP contribution >= 0.6 is 27.5 Å². The Hall–Kier alpha value is -2.05. The molecule has 0 aliphatic heterocycles. The van der Waals surface area contributed by atoms with Gasteiger partial charge >= 0.3 is 0 Å². The number of rotatable bonds is 2. The molecular formula is C14H8BrClN4O.